The van der Waals surface area contributed by atoms with E-state index in [1.807, 2.05) is 0 Å². The monoisotopic (exact) mass is 390 g/mol. The molecule has 1 saturated heterocycles. The first-order valence-electron chi connectivity index (χ1n) is 8.79. The maximum atomic E-state index is 12.9. The highest BCUT2D eigenvalue weighted by Crippen LogP contribution is 2.38. The maximum Gasteiger partial charge on any atom is 0.416 e. The average molecular weight is 390 g/mol. The quantitative estimate of drug-likeness (QED) is 0.704. The molecule has 0 spiro atoms. The number of rotatable bonds is 3. The summed E-state index contributed by atoms with van der Waals surface area (Å²) in [6.45, 7) is 1.29. The molecule has 0 radical (unpaired) electrons. The van der Waals surface area contributed by atoms with Crippen molar-refractivity contribution in [1.82, 2.24) is 15.2 Å². The van der Waals surface area contributed by atoms with Crippen molar-refractivity contribution in [3.05, 3.63) is 42.2 Å². The second-order valence-corrected chi connectivity index (χ2v) is 6.61. The lowest BCUT2D eigenvalue weighted by Crippen LogP contribution is -2.30. The standard InChI is InChI=1S/C19H17F3N4O2/c20-19(21,22)11-3-4-14(16(27)8-11)17-13-5-6-23-9-15(13)18(26-25-17)24-12-2-1-7-28-10-12/h3-6,8-9,12,27H,1-2,7,10H2,(H,24,26)/t12-/m0/s1. The number of pyridine rings is 1. The first kappa shape index (κ1) is 18.4. The smallest absolute Gasteiger partial charge is 0.416 e. The van der Waals surface area contributed by atoms with Gasteiger partial charge in [0.15, 0.2) is 5.82 Å². The maximum absolute atomic E-state index is 12.9. The molecule has 0 amide bonds. The normalized spacial score (nSPS) is 17.6. The largest absolute Gasteiger partial charge is 0.507 e. The molecule has 2 aromatic heterocycles. The molecule has 3 aromatic rings. The van der Waals surface area contributed by atoms with Gasteiger partial charge in [-0.3, -0.25) is 4.98 Å². The van der Waals surface area contributed by atoms with Crippen molar-refractivity contribution in [1.29, 1.82) is 0 Å². The van der Waals surface area contributed by atoms with E-state index in [0.29, 0.717) is 29.3 Å². The predicted molar refractivity (Wildman–Crippen MR) is 96.9 cm³/mol. The molecule has 0 aliphatic carbocycles. The van der Waals surface area contributed by atoms with Crippen molar-refractivity contribution in [2.75, 3.05) is 18.5 Å². The van der Waals surface area contributed by atoms with Crippen molar-refractivity contribution < 1.29 is 23.0 Å². The molecule has 146 valence electrons. The van der Waals surface area contributed by atoms with Gasteiger partial charge in [0.2, 0.25) is 0 Å². The Hall–Kier alpha value is -2.94. The Kier molecular flexibility index (Phi) is 4.76. The van der Waals surface area contributed by atoms with Crippen LogP contribution in [0.15, 0.2) is 36.7 Å². The molecule has 1 atom stereocenters. The van der Waals surface area contributed by atoms with Gasteiger partial charge in [0, 0.05) is 35.3 Å². The second kappa shape index (κ2) is 7.23. The molecule has 0 unspecified atom stereocenters. The van der Waals surface area contributed by atoms with Gasteiger partial charge in [0.1, 0.15) is 11.4 Å². The van der Waals surface area contributed by atoms with Gasteiger partial charge in [0.05, 0.1) is 18.2 Å². The van der Waals surface area contributed by atoms with E-state index in [2.05, 4.69) is 20.5 Å². The van der Waals surface area contributed by atoms with Gasteiger partial charge in [-0.25, -0.2) is 0 Å². The Morgan fingerprint density at radius 3 is 2.71 bits per heavy atom. The summed E-state index contributed by atoms with van der Waals surface area (Å²) in [6, 6.07) is 4.59. The minimum absolute atomic E-state index is 0.0942. The summed E-state index contributed by atoms with van der Waals surface area (Å²) in [5.74, 6) is 0.0115. The van der Waals surface area contributed by atoms with E-state index in [1.165, 1.54) is 6.07 Å². The number of hydrogen-bond donors (Lipinski definition) is 2. The number of ether oxygens (including phenoxy) is 1. The third-order valence-electron chi connectivity index (χ3n) is 4.66. The highest BCUT2D eigenvalue weighted by molar-refractivity contribution is 6.00. The lowest BCUT2D eigenvalue weighted by Gasteiger charge is -2.24. The highest BCUT2D eigenvalue weighted by Gasteiger charge is 2.31. The number of alkyl halides is 3. The van der Waals surface area contributed by atoms with Crippen LogP contribution in [0.4, 0.5) is 19.0 Å². The highest BCUT2D eigenvalue weighted by atomic mass is 19.4. The average Bonchev–Trinajstić information content (AvgIpc) is 2.69. The zero-order chi connectivity index (χ0) is 19.7. The van der Waals surface area contributed by atoms with Crippen LogP contribution in [0.5, 0.6) is 5.75 Å². The summed E-state index contributed by atoms with van der Waals surface area (Å²) >= 11 is 0. The first-order chi connectivity index (χ1) is 13.4. The van der Waals surface area contributed by atoms with Crippen LogP contribution >= 0.6 is 0 Å². The third-order valence-corrected chi connectivity index (χ3v) is 4.66. The van der Waals surface area contributed by atoms with Crippen LogP contribution in [0, 0.1) is 0 Å². The van der Waals surface area contributed by atoms with Gasteiger partial charge in [-0.05, 0) is 37.1 Å². The number of halogens is 3. The summed E-state index contributed by atoms with van der Waals surface area (Å²) < 4.78 is 44.1. The van der Waals surface area contributed by atoms with E-state index in [1.54, 1.807) is 18.5 Å². The number of nitrogens with zero attached hydrogens (tertiary/aromatic N) is 3. The van der Waals surface area contributed by atoms with E-state index in [-0.39, 0.29) is 17.3 Å². The number of hydrogen-bond acceptors (Lipinski definition) is 6. The zero-order valence-corrected chi connectivity index (χ0v) is 14.7. The predicted octanol–water partition coefficient (Wildman–Crippen LogP) is 4.01. The SMILES string of the molecule is Oc1cc(C(F)(F)F)ccc1-c1nnc(N[C@H]2CCCOC2)c2cnccc12. The second-order valence-electron chi connectivity index (χ2n) is 6.61. The molecule has 2 N–H and O–H groups in total. The van der Waals surface area contributed by atoms with Crippen LogP contribution in [0.3, 0.4) is 0 Å². The first-order valence-corrected chi connectivity index (χ1v) is 8.79. The molecule has 4 rings (SSSR count). The van der Waals surface area contributed by atoms with Gasteiger partial charge < -0.3 is 15.2 Å². The zero-order valence-electron chi connectivity index (χ0n) is 14.7. The van der Waals surface area contributed by atoms with E-state index < -0.39 is 17.5 Å². The van der Waals surface area contributed by atoms with Gasteiger partial charge >= 0.3 is 6.18 Å². The number of benzene rings is 1. The number of aromatic hydroxyl groups is 1. The Morgan fingerprint density at radius 2 is 2.00 bits per heavy atom. The summed E-state index contributed by atoms with van der Waals surface area (Å²) in [4.78, 5) is 4.12. The number of phenolic OH excluding ortho intramolecular Hbond substituents is 1. The number of fused-ring (bicyclic) bond motifs is 1. The molecule has 0 saturated carbocycles. The van der Waals surface area contributed by atoms with E-state index in [0.717, 1.165) is 25.5 Å². The van der Waals surface area contributed by atoms with E-state index >= 15 is 0 Å². The summed E-state index contributed by atoms with van der Waals surface area (Å²) in [7, 11) is 0. The van der Waals surface area contributed by atoms with Crippen molar-refractivity contribution in [3.63, 3.8) is 0 Å². The molecule has 0 bridgehead atoms. The lowest BCUT2D eigenvalue weighted by molar-refractivity contribution is -0.137. The van der Waals surface area contributed by atoms with Crippen molar-refractivity contribution in [2.24, 2.45) is 0 Å². The molecule has 28 heavy (non-hydrogen) atoms. The topological polar surface area (TPSA) is 80.2 Å². The molecule has 1 aliphatic heterocycles. The molecule has 3 heterocycles. The van der Waals surface area contributed by atoms with Crippen LogP contribution < -0.4 is 5.32 Å². The number of anilines is 1. The minimum atomic E-state index is -4.54. The fourth-order valence-corrected chi connectivity index (χ4v) is 3.26. The minimum Gasteiger partial charge on any atom is -0.507 e. The van der Waals surface area contributed by atoms with Crippen LogP contribution in [0.25, 0.3) is 22.0 Å². The summed E-state index contributed by atoms with van der Waals surface area (Å²) in [5.41, 5.74) is -0.471. The van der Waals surface area contributed by atoms with E-state index in [4.69, 9.17) is 4.74 Å². The molecular formula is C19H17F3N4O2. The van der Waals surface area contributed by atoms with Crippen molar-refractivity contribution in [2.45, 2.75) is 25.1 Å². The lowest BCUT2D eigenvalue weighted by atomic mass is 10.0. The van der Waals surface area contributed by atoms with Gasteiger partial charge in [-0.2, -0.15) is 13.2 Å². The van der Waals surface area contributed by atoms with E-state index in [9.17, 15) is 18.3 Å². The van der Waals surface area contributed by atoms with Crippen LogP contribution in [-0.2, 0) is 10.9 Å². The number of phenols is 1. The third kappa shape index (κ3) is 3.57. The molecule has 1 aliphatic rings. The van der Waals surface area contributed by atoms with Crippen LogP contribution in [0.2, 0.25) is 0 Å². The summed E-state index contributed by atoms with van der Waals surface area (Å²) in [5, 5.41) is 23.1. The van der Waals surface area contributed by atoms with Gasteiger partial charge in [0.25, 0.3) is 0 Å². The van der Waals surface area contributed by atoms with Crippen molar-refractivity contribution in [3.8, 4) is 17.0 Å². The Balaban J connectivity index is 1.76. The summed E-state index contributed by atoms with van der Waals surface area (Å²) in [6.07, 6.45) is 0.510. The fraction of sp³-hybridized carbons (Fsp3) is 0.316. The van der Waals surface area contributed by atoms with Crippen LogP contribution in [0.1, 0.15) is 18.4 Å². The van der Waals surface area contributed by atoms with Gasteiger partial charge in [-0.1, -0.05) is 0 Å². The van der Waals surface area contributed by atoms with Crippen molar-refractivity contribution >= 4 is 16.6 Å². The molecule has 9 heteroatoms. The Labute approximate surface area is 158 Å². The Morgan fingerprint density at radius 1 is 1.14 bits per heavy atom. The Bertz CT molecular complexity index is 1000. The van der Waals surface area contributed by atoms with Crippen LogP contribution in [-0.4, -0.2) is 39.5 Å². The molecular weight excluding hydrogens is 373 g/mol. The molecule has 1 aromatic carbocycles. The fourth-order valence-electron chi connectivity index (χ4n) is 3.26. The number of nitrogens with one attached hydrogen (secondary N) is 1. The molecule has 1 fully saturated rings. The number of aromatic nitrogens is 3. The molecule has 6 nitrogen and oxygen atoms in total. The van der Waals surface area contributed by atoms with Gasteiger partial charge in [-0.15, -0.1) is 10.2 Å².